The van der Waals surface area contributed by atoms with Crippen LogP contribution in [0.5, 0.6) is 0 Å². The summed E-state index contributed by atoms with van der Waals surface area (Å²) in [6.45, 7) is 3.47. The first-order chi connectivity index (χ1) is 9.74. The van der Waals surface area contributed by atoms with Crippen LogP contribution in [0.25, 0.3) is 0 Å². The highest BCUT2D eigenvalue weighted by molar-refractivity contribution is 5.56. The molecule has 0 saturated carbocycles. The fourth-order valence-electron chi connectivity index (χ4n) is 2.72. The van der Waals surface area contributed by atoms with Gasteiger partial charge in [-0.05, 0) is 30.0 Å². The van der Waals surface area contributed by atoms with Gasteiger partial charge in [0.1, 0.15) is 0 Å². The Morgan fingerprint density at radius 1 is 1.35 bits per heavy atom. The highest BCUT2D eigenvalue weighted by atomic mass is 16.5. The fraction of sp³-hybridized carbons (Fsp3) is 0.625. The largest absolute Gasteiger partial charge is 0.382 e. The number of hydrogen-bond acceptors (Lipinski definition) is 4. The molecule has 1 atom stereocenters. The molecule has 2 rings (SSSR count). The Kier molecular flexibility index (Phi) is 5.83. The Morgan fingerprint density at radius 2 is 2.20 bits per heavy atom. The summed E-state index contributed by atoms with van der Waals surface area (Å²) in [4.78, 5) is 2.34. The van der Waals surface area contributed by atoms with Gasteiger partial charge in [0.15, 0.2) is 0 Å². The van der Waals surface area contributed by atoms with E-state index in [1.54, 1.807) is 14.2 Å². The molecule has 0 aromatic heterocycles. The summed E-state index contributed by atoms with van der Waals surface area (Å²) in [5.41, 5.74) is 4.19. The molecule has 0 fully saturated rings. The van der Waals surface area contributed by atoms with E-state index in [-0.39, 0.29) is 6.10 Å². The van der Waals surface area contributed by atoms with E-state index in [9.17, 15) is 0 Å². The van der Waals surface area contributed by atoms with E-state index in [1.807, 2.05) is 0 Å². The molecule has 0 spiro atoms. The molecule has 0 bridgehead atoms. The van der Waals surface area contributed by atoms with Crippen LogP contribution in [0.2, 0.25) is 0 Å². The number of benzene rings is 1. The van der Waals surface area contributed by atoms with Crippen molar-refractivity contribution in [3.8, 4) is 0 Å². The molecule has 0 radical (unpaired) electrons. The van der Waals surface area contributed by atoms with Crippen LogP contribution in [-0.4, -0.2) is 47.1 Å². The summed E-state index contributed by atoms with van der Waals surface area (Å²) in [5.74, 6) is 0. The topological polar surface area (TPSA) is 33.7 Å². The fourth-order valence-corrected chi connectivity index (χ4v) is 2.72. The number of aryl methyl sites for hydroxylation is 1. The molecule has 1 heterocycles. The van der Waals surface area contributed by atoms with Gasteiger partial charge in [0, 0.05) is 46.6 Å². The van der Waals surface area contributed by atoms with Gasteiger partial charge in [-0.2, -0.15) is 0 Å². The lowest BCUT2D eigenvalue weighted by Crippen LogP contribution is -2.31. The van der Waals surface area contributed by atoms with Crippen LogP contribution in [-0.2, 0) is 22.4 Å². The zero-order valence-electron chi connectivity index (χ0n) is 12.8. The van der Waals surface area contributed by atoms with Crippen LogP contribution in [0.1, 0.15) is 17.5 Å². The summed E-state index contributed by atoms with van der Waals surface area (Å²) < 4.78 is 10.5. The Balaban J connectivity index is 1.87. The minimum absolute atomic E-state index is 0.115. The lowest BCUT2D eigenvalue weighted by molar-refractivity contribution is 0.0288. The van der Waals surface area contributed by atoms with Gasteiger partial charge in [0.2, 0.25) is 0 Å². The van der Waals surface area contributed by atoms with Crippen molar-refractivity contribution in [1.82, 2.24) is 5.32 Å². The number of methoxy groups -OCH3 is 2. The number of rotatable bonds is 7. The minimum Gasteiger partial charge on any atom is -0.382 e. The molecule has 4 nitrogen and oxygen atoms in total. The molecule has 1 aromatic carbocycles. The maximum Gasteiger partial charge on any atom is 0.0928 e. The lowest BCUT2D eigenvalue weighted by atomic mass is 9.99. The Bertz CT molecular complexity index is 423. The van der Waals surface area contributed by atoms with Crippen LogP contribution in [0.15, 0.2) is 18.2 Å². The number of nitrogens with zero attached hydrogens (tertiary/aromatic N) is 1. The average Bonchev–Trinajstić information content (AvgIpc) is 2.46. The number of fused-ring (bicyclic) bond motifs is 1. The third kappa shape index (κ3) is 3.95. The van der Waals surface area contributed by atoms with Crippen LogP contribution in [0, 0.1) is 0 Å². The number of ether oxygens (including phenoxy) is 2. The number of hydrogen-bond donors (Lipinski definition) is 1. The van der Waals surface area contributed by atoms with Crippen molar-refractivity contribution in [2.45, 2.75) is 25.5 Å². The van der Waals surface area contributed by atoms with Crippen LogP contribution in [0.3, 0.4) is 0 Å². The van der Waals surface area contributed by atoms with Crippen molar-refractivity contribution in [1.29, 1.82) is 0 Å². The van der Waals surface area contributed by atoms with E-state index in [1.165, 1.54) is 29.7 Å². The highest BCUT2D eigenvalue weighted by Gasteiger charge is 2.13. The zero-order valence-corrected chi connectivity index (χ0v) is 12.8. The van der Waals surface area contributed by atoms with Crippen molar-refractivity contribution in [2.75, 3.05) is 45.9 Å². The van der Waals surface area contributed by atoms with E-state index in [4.69, 9.17) is 9.47 Å². The van der Waals surface area contributed by atoms with E-state index in [0.717, 1.165) is 19.6 Å². The second-order valence-corrected chi connectivity index (χ2v) is 5.43. The predicted octanol–water partition coefficient (Wildman–Crippen LogP) is 1.82. The molecule has 1 unspecified atom stereocenters. The molecule has 1 aromatic rings. The molecule has 0 aliphatic carbocycles. The first-order valence-electron chi connectivity index (χ1n) is 7.30. The maximum atomic E-state index is 5.34. The van der Waals surface area contributed by atoms with Crippen LogP contribution >= 0.6 is 0 Å². The molecule has 1 N–H and O–H groups in total. The van der Waals surface area contributed by atoms with E-state index < -0.39 is 0 Å². The Labute approximate surface area is 122 Å². The SMILES string of the molecule is COCC(CNCc1ccc2c(c1)CCCN2C)OC. The van der Waals surface area contributed by atoms with E-state index in [2.05, 4.69) is 35.5 Å². The van der Waals surface area contributed by atoms with Gasteiger partial charge in [0.05, 0.1) is 12.7 Å². The van der Waals surface area contributed by atoms with Crippen molar-refractivity contribution < 1.29 is 9.47 Å². The molecule has 20 heavy (non-hydrogen) atoms. The standard InChI is InChI=1S/C16H26N2O2/c1-18-8-4-5-14-9-13(6-7-16(14)18)10-17-11-15(20-3)12-19-2/h6-7,9,15,17H,4-5,8,10-12H2,1-3H3. The van der Waals surface area contributed by atoms with Gasteiger partial charge in [0.25, 0.3) is 0 Å². The van der Waals surface area contributed by atoms with Gasteiger partial charge in [-0.1, -0.05) is 12.1 Å². The monoisotopic (exact) mass is 278 g/mol. The number of nitrogens with one attached hydrogen (secondary N) is 1. The van der Waals surface area contributed by atoms with Crippen LogP contribution in [0.4, 0.5) is 5.69 Å². The van der Waals surface area contributed by atoms with Crippen molar-refractivity contribution in [3.63, 3.8) is 0 Å². The van der Waals surface area contributed by atoms with Crippen LogP contribution < -0.4 is 10.2 Å². The summed E-state index contributed by atoms with van der Waals surface area (Å²) in [5, 5.41) is 3.44. The average molecular weight is 278 g/mol. The lowest BCUT2D eigenvalue weighted by Gasteiger charge is -2.28. The van der Waals surface area contributed by atoms with Gasteiger partial charge in [-0.15, -0.1) is 0 Å². The van der Waals surface area contributed by atoms with Crippen molar-refractivity contribution >= 4 is 5.69 Å². The summed E-state index contributed by atoms with van der Waals surface area (Å²) >= 11 is 0. The first-order valence-corrected chi connectivity index (χ1v) is 7.30. The van der Waals surface area contributed by atoms with Crippen molar-refractivity contribution in [2.24, 2.45) is 0 Å². The minimum atomic E-state index is 0.115. The van der Waals surface area contributed by atoms with E-state index >= 15 is 0 Å². The summed E-state index contributed by atoms with van der Waals surface area (Å²) in [7, 11) is 5.59. The third-order valence-electron chi connectivity index (χ3n) is 3.88. The molecule has 4 heteroatoms. The first kappa shape index (κ1) is 15.3. The molecule has 1 aliphatic heterocycles. The normalized spacial score (nSPS) is 16.1. The van der Waals surface area contributed by atoms with Crippen molar-refractivity contribution in [3.05, 3.63) is 29.3 Å². The molecule has 0 saturated heterocycles. The maximum absolute atomic E-state index is 5.34. The smallest absolute Gasteiger partial charge is 0.0928 e. The van der Waals surface area contributed by atoms with Gasteiger partial charge in [-0.25, -0.2) is 0 Å². The quantitative estimate of drug-likeness (QED) is 0.825. The third-order valence-corrected chi connectivity index (χ3v) is 3.88. The van der Waals surface area contributed by atoms with E-state index in [0.29, 0.717) is 6.61 Å². The molecule has 1 aliphatic rings. The molecule has 0 amide bonds. The van der Waals surface area contributed by atoms with Gasteiger partial charge < -0.3 is 19.7 Å². The molecular weight excluding hydrogens is 252 g/mol. The number of anilines is 1. The highest BCUT2D eigenvalue weighted by Crippen LogP contribution is 2.26. The predicted molar refractivity (Wildman–Crippen MR) is 82.4 cm³/mol. The zero-order chi connectivity index (χ0) is 14.4. The summed E-state index contributed by atoms with van der Waals surface area (Å²) in [6.07, 6.45) is 2.56. The molecular formula is C16H26N2O2. The second kappa shape index (κ2) is 7.62. The summed E-state index contributed by atoms with van der Waals surface area (Å²) in [6, 6.07) is 6.79. The molecule has 112 valence electrons. The van der Waals surface area contributed by atoms with Gasteiger partial charge in [-0.3, -0.25) is 0 Å². The second-order valence-electron chi connectivity index (χ2n) is 5.43. The Morgan fingerprint density at radius 3 is 2.95 bits per heavy atom. The Hall–Kier alpha value is -1.10. The van der Waals surface area contributed by atoms with Gasteiger partial charge >= 0.3 is 0 Å².